The maximum absolute atomic E-state index is 12.8. The Hall–Kier alpha value is -3.48. The van der Waals surface area contributed by atoms with Crippen LogP contribution in [-0.2, 0) is 16.0 Å². The molecule has 2 aromatic rings. The van der Waals surface area contributed by atoms with Gasteiger partial charge in [-0.05, 0) is 30.2 Å². The highest BCUT2D eigenvalue weighted by molar-refractivity contribution is 6.35. The van der Waals surface area contributed by atoms with E-state index < -0.39 is 17.6 Å². The monoisotopic (exact) mass is 383 g/mol. The van der Waals surface area contributed by atoms with Crippen molar-refractivity contribution in [3.8, 4) is 17.2 Å². The number of carbonyl (C=O) groups is 2. The minimum atomic E-state index is -0.716. The van der Waals surface area contributed by atoms with E-state index in [1.165, 1.54) is 14.2 Å². The minimum absolute atomic E-state index is 0.0465. The van der Waals surface area contributed by atoms with Gasteiger partial charge in [0.2, 0.25) is 0 Å². The van der Waals surface area contributed by atoms with Gasteiger partial charge in [0.05, 0.1) is 26.9 Å². The van der Waals surface area contributed by atoms with Crippen molar-refractivity contribution in [2.24, 2.45) is 0 Å². The zero-order chi connectivity index (χ0) is 20.3. The number of aliphatic hydroxyl groups excluding tert-OH is 1. The van der Waals surface area contributed by atoms with Crippen molar-refractivity contribution < 1.29 is 28.9 Å². The molecule has 0 aromatic heterocycles. The summed E-state index contributed by atoms with van der Waals surface area (Å²) in [6, 6.07) is 12.1. The van der Waals surface area contributed by atoms with Crippen LogP contribution >= 0.6 is 0 Å². The molecule has 0 spiro atoms. The molecule has 0 fully saturated rings. The molecule has 28 heavy (non-hydrogen) atoms. The molecule has 146 valence electrons. The number of hydrogen-bond donors (Lipinski definition) is 1. The summed E-state index contributed by atoms with van der Waals surface area (Å²) in [5, 5.41) is 10.3. The van der Waals surface area contributed by atoms with Crippen LogP contribution in [0.3, 0.4) is 0 Å². The Kier molecular flexibility index (Phi) is 5.54. The molecule has 2 amide bonds. The molecule has 0 atom stereocenters. The lowest BCUT2D eigenvalue weighted by Gasteiger charge is -2.16. The number of rotatable bonds is 7. The van der Waals surface area contributed by atoms with Crippen LogP contribution in [0.2, 0.25) is 0 Å². The van der Waals surface area contributed by atoms with Crippen LogP contribution in [0.1, 0.15) is 11.1 Å². The number of amides is 2. The summed E-state index contributed by atoms with van der Waals surface area (Å²) in [7, 11) is 4.55. The van der Waals surface area contributed by atoms with Gasteiger partial charge in [0, 0.05) is 12.1 Å². The molecule has 1 N–H and O–H groups in total. The first-order chi connectivity index (χ1) is 13.5. The molecular weight excluding hydrogens is 362 g/mol. The van der Waals surface area contributed by atoms with E-state index in [4.69, 9.17) is 14.2 Å². The Morgan fingerprint density at radius 1 is 0.857 bits per heavy atom. The van der Waals surface area contributed by atoms with E-state index in [9.17, 15) is 14.7 Å². The van der Waals surface area contributed by atoms with Crippen LogP contribution in [0.25, 0.3) is 5.57 Å². The third kappa shape index (κ3) is 3.38. The van der Waals surface area contributed by atoms with Crippen molar-refractivity contribution in [1.82, 2.24) is 4.90 Å². The van der Waals surface area contributed by atoms with Gasteiger partial charge >= 0.3 is 0 Å². The van der Waals surface area contributed by atoms with Gasteiger partial charge in [-0.3, -0.25) is 14.5 Å². The van der Waals surface area contributed by atoms with Crippen molar-refractivity contribution in [3.05, 3.63) is 59.4 Å². The molecule has 1 aliphatic heterocycles. The number of imide groups is 1. The van der Waals surface area contributed by atoms with Crippen molar-refractivity contribution in [2.45, 2.75) is 6.42 Å². The summed E-state index contributed by atoms with van der Waals surface area (Å²) in [4.78, 5) is 26.3. The Bertz CT molecular complexity index is 950. The van der Waals surface area contributed by atoms with Gasteiger partial charge in [-0.25, -0.2) is 0 Å². The Balaban J connectivity index is 1.81. The zero-order valence-electron chi connectivity index (χ0n) is 15.9. The fraction of sp³-hybridized carbons (Fsp3) is 0.238. The van der Waals surface area contributed by atoms with Crippen molar-refractivity contribution >= 4 is 17.4 Å². The number of hydrogen-bond acceptors (Lipinski definition) is 6. The molecule has 0 aliphatic carbocycles. The molecule has 0 saturated carbocycles. The minimum Gasteiger partial charge on any atom is -0.502 e. The summed E-state index contributed by atoms with van der Waals surface area (Å²) in [5.41, 5.74) is 1.20. The van der Waals surface area contributed by atoms with Crippen LogP contribution in [0, 0.1) is 0 Å². The van der Waals surface area contributed by atoms with Crippen LogP contribution in [0.15, 0.2) is 48.2 Å². The highest BCUT2D eigenvalue weighted by Crippen LogP contribution is 2.34. The second-order valence-electron chi connectivity index (χ2n) is 6.13. The fourth-order valence-corrected chi connectivity index (χ4v) is 3.14. The quantitative estimate of drug-likeness (QED) is 0.740. The molecule has 1 heterocycles. The van der Waals surface area contributed by atoms with E-state index >= 15 is 0 Å². The van der Waals surface area contributed by atoms with Crippen molar-refractivity contribution in [1.29, 1.82) is 0 Å². The molecule has 7 heteroatoms. The number of nitrogens with zero attached hydrogens (tertiary/aromatic N) is 1. The normalized spacial score (nSPS) is 13.9. The van der Waals surface area contributed by atoms with Gasteiger partial charge in [-0.1, -0.05) is 24.3 Å². The summed E-state index contributed by atoms with van der Waals surface area (Å²) >= 11 is 0. The Morgan fingerprint density at radius 3 is 2.21 bits per heavy atom. The highest BCUT2D eigenvalue weighted by Gasteiger charge is 2.39. The van der Waals surface area contributed by atoms with Gasteiger partial charge in [0.15, 0.2) is 17.3 Å². The Labute approximate surface area is 162 Å². The highest BCUT2D eigenvalue weighted by atomic mass is 16.5. The van der Waals surface area contributed by atoms with Crippen molar-refractivity contribution in [3.63, 3.8) is 0 Å². The van der Waals surface area contributed by atoms with E-state index in [0.29, 0.717) is 29.2 Å². The lowest BCUT2D eigenvalue weighted by atomic mass is 10.0. The largest absolute Gasteiger partial charge is 0.502 e. The number of benzene rings is 2. The third-order valence-corrected chi connectivity index (χ3v) is 4.59. The lowest BCUT2D eigenvalue weighted by molar-refractivity contribution is -0.138. The molecular formula is C21H21NO6. The van der Waals surface area contributed by atoms with Gasteiger partial charge < -0.3 is 19.3 Å². The van der Waals surface area contributed by atoms with Crippen LogP contribution < -0.4 is 14.2 Å². The topological polar surface area (TPSA) is 85.3 Å². The van der Waals surface area contributed by atoms with Gasteiger partial charge in [0.25, 0.3) is 11.8 Å². The molecule has 0 bridgehead atoms. The van der Waals surface area contributed by atoms with E-state index in [1.54, 1.807) is 43.5 Å². The average molecular weight is 383 g/mol. The summed E-state index contributed by atoms with van der Waals surface area (Å²) in [5.74, 6) is -0.264. The van der Waals surface area contributed by atoms with Gasteiger partial charge in [-0.2, -0.15) is 0 Å². The second-order valence-corrected chi connectivity index (χ2v) is 6.13. The number of para-hydroxylation sites is 1. The average Bonchev–Trinajstić information content (AvgIpc) is 2.94. The van der Waals surface area contributed by atoms with Crippen molar-refractivity contribution in [2.75, 3.05) is 27.9 Å². The van der Waals surface area contributed by atoms with Crippen LogP contribution in [-0.4, -0.2) is 49.7 Å². The number of methoxy groups -OCH3 is 3. The summed E-state index contributed by atoms with van der Waals surface area (Å²) < 4.78 is 15.7. The summed E-state index contributed by atoms with van der Waals surface area (Å²) in [6.45, 7) is 0.121. The second kappa shape index (κ2) is 8.04. The number of carbonyl (C=O) groups excluding carboxylic acids is 2. The molecule has 0 saturated heterocycles. The zero-order valence-corrected chi connectivity index (χ0v) is 15.9. The molecule has 7 nitrogen and oxygen atoms in total. The first-order valence-corrected chi connectivity index (χ1v) is 8.65. The molecule has 3 rings (SSSR count). The standard InChI is InChI=1S/C21H21NO6/c1-26-15-7-5-4-6-14(15)18-19(23)21(25)22(20(18)24)11-10-13-8-9-16(27-2)17(12-13)28-3/h4-9,12,23H,10-11H2,1-3H3. The molecule has 0 radical (unpaired) electrons. The first-order valence-electron chi connectivity index (χ1n) is 8.65. The van der Waals surface area contributed by atoms with E-state index in [1.807, 2.05) is 6.07 Å². The number of ether oxygens (including phenoxy) is 3. The SMILES string of the molecule is COc1ccc(CCN2C(=O)C(O)=C(c3ccccc3OC)C2=O)cc1OC. The van der Waals surface area contributed by atoms with Crippen LogP contribution in [0.4, 0.5) is 0 Å². The lowest BCUT2D eigenvalue weighted by Crippen LogP contribution is -2.33. The van der Waals surface area contributed by atoms with Crippen LogP contribution in [0.5, 0.6) is 17.2 Å². The van der Waals surface area contributed by atoms with E-state index in [0.717, 1.165) is 10.5 Å². The van der Waals surface area contributed by atoms with E-state index in [-0.39, 0.29) is 12.1 Å². The third-order valence-electron chi connectivity index (χ3n) is 4.59. The molecule has 2 aromatic carbocycles. The maximum atomic E-state index is 12.8. The van der Waals surface area contributed by atoms with Gasteiger partial charge in [0.1, 0.15) is 5.75 Å². The Morgan fingerprint density at radius 2 is 1.54 bits per heavy atom. The maximum Gasteiger partial charge on any atom is 0.296 e. The fourth-order valence-electron chi connectivity index (χ4n) is 3.14. The van der Waals surface area contributed by atoms with E-state index in [2.05, 4.69) is 0 Å². The summed E-state index contributed by atoms with van der Waals surface area (Å²) in [6.07, 6.45) is 0.407. The van der Waals surface area contributed by atoms with Gasteiger partial charge in [-0.15, -0.1) is 0 Å². The predicted molar refractivity (Wildman–Crippen MR) is 103 cm³/mol. The first kappa shape index (κ1) is 19.3. The smallest absolute Gasteiger partial charge is 0.296 e. The molecule has 1 aliphatic rings. The predicted octanol–water partition coefficient (Wildman–Crippen LogP) is 2.59. The molecule has 0 unspecified atom stereocenters. The number of aliphatic hydroxyl groups is 1.